The summed E-state index contributed by atoms with van der Waals surface area (Å²) in [4.78, 5) is 3.94. The molecule has 2 aromatic rings. The zero-order valence-corrected chi connectivity index (χ0v) is 12.5. The highest BCUT2D eigenvalue weighted by molar-refractivity contribution is 7.94. The van der Waals surface area contributed by atoms with Gasteiger partial charge in [0.2, 0.25) is 0 Å². The van der Waals surface area contributed by atoms with Gasteiger partial charge < -0.3 is 10.5 Å². The number of nitrogens with two attached hydrogens (primary N) is 1. The van der Waals surface area contributed by atoms with Gasteiger partial charge in [-0.2, -0.15) is 0 Å². The summed E-state index contributed by atoms with van der Waals surface area (Å²) >= 11 is 1.12. The second-order valence-electron chi connectivity index (χ2n) is 3.97. The molecule has 0 amide bonds. The molecule has 6 nitrogen and oxygen atoms in total. The van der Waals surface area contributed by atoms with E-state index < -0.39 is 10.0 Å². The van der Waals surface area contributed by atoms with E-state index in [1.165, 1.54) is 6.20 Å². The lowest BCUT2D eigenvalue weighted by Gasteiger charge is -2.08. The monoisotopic (exact) mass is 313 g/mol. The molecule has 3 N–H and O–H groups in total. The van der Waals surface area contributed by atoms with Crippen molar-refractivity contribution in [1.82, 2.24) is 4.98 Å². The predicted molar refractivity (Wildman–Crippen MR) is 78.7 cm³/mol. The molecule has 0 bridgehead atoms. The maximum Gasteiger partial charge on any atom is 0.273 e. The topological polar surface area (TPSA) is 94.3 Å². The number of aromatic nitrogens is 1. The van der Waals surface area contributed by atoms with Crippen LogP contribution in [0.25, 0.3) is 0 Å². The van der Waals surface area contributed by atoms with E-state index in [0.717, 1.165) is 11.3 Å². The number of rotatable bonds is 6. The number of hydrogen-bond acceptors (Lipinski definition) is 6. The maximum atomic E-state index is 12.1. The highest BCUT2D eigenvalue weighted by Crippen LogP contribution is 2.23. The third kappa shape index (κ3) is 3.69. The number of hydrogen-bond donors (Lipinski definition) is 2. The number of anilines is 1. The molecule has 1 aromatic carbocycles. The lowest BCUT2D eigenvalue weighted by Crippen LogP contribution is -2.12. The molecule has 0 atom stereocenters. The summed E-state index contributed by atoms with van der Waals surface area (Å²) in [7, 11) is -3.60. The van der Waals surface area contributed by atoms with Crippen molar-refractivity contribution in [2.45, 2.75) is 11.1 Å². The Kier molecular flexibility index (Phi) is 4.58. The SMILES string of the molecule is Cc1ncc(S(=O)(=O)Nc2cccc(OCCN)c2)s1. The lowest BCUT2D eigenvalue weighted by atomic mass is 10.3. The Morgan fingerprint density at radius 3 is 2.90 bits per heavy atom. The number of benzene rings is 1. The van der Waals surface area contributed by atoms with E-state index in [-0.39, 0.29) is 4.21 Å². The molecule has 0 saturated heterocycles. The molecule has 0 unspecified atom stereocenters. The Balaban J connectivity index is 2.17. The molecule has 2 rings (SSSR count). The average molecular weight is 313 g/mol. The maximum absolute atomic E-state index is 12.1. The highest BCUT2D eigenvalue weighted by atomic mass is 32.2. The Morgan fingerprint density at radius 1 is 1.45 bits per heavy atom. The van der Waals surface area contributed by atoms with Crippen LogP contribution in [0.2, 0.25) is 0 Å². The summed E-state index contributed by atoms with van der Waals surface area (Å²) in [5, 5.41) is 0.699. The van der Waals surface area contributed by atoms with Gasteiger partial charge in [0.15, 0.2) is 4.21 Å². The minimum Gasteiger partial charge on any atom is -0.492 e. The molecule has 108 valence electrons. The van der Waals surface area contributed by atoms with E-state index in [9.17, 15) is 8.42 Å². The fourth-order valence-corrected chi connectivity index (χ4v) is 3.65. The van der Waals surface area contributed by atoms with E-state index in [1.807, 2.05) is 0 Å². The number of nitrogens with zero attached hydrogens (tertiary/aromatic N) is 1. The summed E-state index contributed by atoms with van der Waals surface area (Å²) in [5.41, 5.74) is 5.79. The Hall–Kier alpha value is -1.64. The van der Waals surface area contributed by atoms with Crippen molar-refractivity contribution >= 4 is 27.0 Å². The molecule has 0 saturated carbocycles. The number of nitrogens with one attached hydrogen (secondary N) is 1. The zero-order chi connectivity index (χ0) is 14.6. The van der Waals surface area contributed by atoms with Gasteiger partial charge in [0.1, 0.15) is 12.4 Å². The van der Waals surface area contributed by atoms with Crippen LogP contribution in [0, 0.1) is 6.92 Å². The first-order valence-corrected chi connectivity index (χ1v) is 8.19. The van der Waals surface area contributed by atoms with Crippen molar-refractivity contribution < 1.29 is 13.2 Å². The quantitative estimate of drug-likeness (QED) is 0.844. The summed E-state index contributed by atoms with van der Waals surface area (Å²) in [6, 6.07) is 6.72. The molecule has 0 radical (unpaired) electrons. The van der Waals surface area contributed by atoms with Gasteiger partial charge >= 0.3 is 0 Å². The summed E-state index contributed by atoms with van der Waals surface area (Å²) in [5.74, 6) is 0.566. The first-order valence-electron chi connectivity index (χ1n) is 5.89. The van der Waals surface area contributed by atoms with E-state index >= 15 is 0 Å². The minimum atomic E-state index is -3.60. The molecule has 0 spiro atoms. The predicted octanol–water partition coefficient (Wildman–Crippen LogP) is 1.59. The van der Waals surface area contributed by atoms with Gasteiger partial charge in [0.05, 0.1) is 16.9 Å². The Bertz CT molecular complexity index is 683. The molecule has 0 aliphatic rings. The largest absolute Gasteiger partial charge is 0.492 e. The van der Waals surface area contributed by atoms with E-state index in [1.54, 1.807) is 31.2 Å². The fourth-order valence-electron chi connectivity index (χ4n) is 1.50. The standard InChI is InChI=1S/C12H15N3O3S2/c1-9-14-8-12(19-9)20(16,17)15-10-3-2-4-11(7-10)18-6-5-13/h2-4,7-8,15H,5-6,13H2,1H3. The summed E-state index contributed by atoms with van der Waals surface area (Å²) in [6.07, 6.45) is 1.34. The third-order valence-corrected chi connectivity index (χ3v) is 5.09. The van der Waals surface area contributed by atoms with Crippen molar-refractivity contribution in [1.29, 1.82) is 0 Å². The van der Waals surface area contributed by atoms with Crippen LogP contribution in [0.5, 0.6) is 5.75 Å². The van der Waals surface area contributed by atoms with Crippen molar-refractivity contribution in [3.8, 4) is 5.75 Å². The van der Waals surface area contributed by atoms with Gasteiger partial charge in [-0.15, -0.1) is 11.3 Å². The molecular weight excluding hydrogens is 298 g/mol. The van der Waals surface area contributed by atoms with Crippen LogP contribution in [-0.4, -0.2) is 26.6 Å². The van der Waals surface area contributed by atoms with Gasteiger partial charge in [-0.1, -0.05) is 6.07 Å². The smallest absolute Gasteiger partial charge is 0.273 e. The van der Waals surface area contributed by atoms with Crippen LogP contribution in [0.1, 0.15) is 5.01 Å². The number of ether oxygens (including phenoxy) is 1. The van der Waals surface area contributed by atoms with Gasteiger partial charge in [0.25, 0.3) is 10.0 Å². The normalized spacial score (nSPS) is 11.3. The van der Waals surface area contributed by atoms with Crippen LogP contribution in [0.15, 0.2) is 34.7 Å². The van der Waals surface area contributed by atoms with E-state index in [4.69, 9.17) is 10.5 Å². The Morgan fingerprint density at radius 2 is 2.25 bits per heavy atom. The molecule has 8 heteroatoms. The van der Waals surface area contributed by atoms with Crippen molar-refractivity contribution in [2.24, 2.45) is 5.73 Å². The zero-order valence-electron chi connectivity index (χ0n) is 10.9. The highest BCUT2D eigenvalue weighted by Gasteiger charge is 2.17. The van der Waals surface area contributed by atoms with Gasteiger partial charge in [-0.05, 0) is 19.1 Å². The molecule has 20 heavy (non-hydrogen) atoms. The lowest BCUT2D eigenvalue weighted by molar-refractivity contribution is 0.328. The second kappa shape index (κ2) is 6.21. The van der Waals surface area contributed by atoms with Crippen molar-refractivity contribution in [3.05, 3.63) is 35.5 Å². The summed E-state index contributed by atoms with van der Waals surface area (Å²) < 4.78 is 32.3. The number of thiazole rings is 1. The van der Waals surface area contributed by atoms with Crippen LogP contribution in [0.4, 0.5) is 5.69 Å². The minimum absolute atomic E-state index is 0.184. The van der Waals surface area contributed by atoms with E-state index in [2.05, 4.69) is 9.71 Å². The fraction of sp³-hybridized carbons (Fsp3) is 0.250. The summed E-state index contributed by atoms with van der Waals surface area (Å²) in [6.45, 7) is 2.53. The Labute approximate surface area is 121 Å². The van der Waals surface area contributed by atoms with E-state index in [0.29, 0.717) is 29.6 Å². The van der Waals surface area contributed by atoms with Crippen LogP contribution >= 0.6 is 11.3 Å². The molecule has 0 fully saturated rings. The molecule has 0 aliphatic heterocycles. The van der Waals surface area contributed by atoms with Gasteiger partial charge in [0, 0.05) is 12.6 Å². The number of sulfonamides is 1. The van der Waals surface area contributed by atoms with Crippen molar-refractivity contribution in [3.63, 3.8) is 0 Å². The van der Waals surface area contributed by atoms with Crippen molar-refractivity contribution in [2.75, 3.05) is 17.9 Å². The van der Waals surface area contributed by atoms with Crippen LogP contribution in [-0.2, 0) is 10.0 Å². The molecule has 1 aromatic heterocycles. The third-order valence-electron chi connectivity index (χ3n) is 2.34. The van der Waals surface area contributed by atoms with Gasteiger partial charge in [-0.3, -0.25) is 4.72 Å². The average Bonchev–Trinajstić information content (AvgIpc) is 2.84. The molecular formula is C12H15N3O3S2. The first-order chi connectivity index (χ1) is 9.51. The van der Waals surface area contributed by atoms with Crippen LogP contribution in [0.3, 0.4) is 0 Å². The number of aryl methyl sites for hydroxylation is 1. The molecule has 1 heterocycles. The first kappa shape index (κ1) is 14.8. The molecule has 0 aliphatic carbocycles. The van der Waals surface area contributed by atoms with Crippen LogP contribution < -0.4 is 15.2 Å². The second-order valence-corrected chi connectivity index (χ2v) is 7.11. The van der Waals surface area contributed by atoms with Gasteiger partial charge in [-0.25, -0.2) is 13.4 Å².